The molecule has 0 radical (unpaired) electrons. The summed E-state index contributed by atoms with van der Waals surface area (Å²) in [5.41, 5.74) is 2.56. The molecule has 7 nitrogen and oxygen atoms in total. The van der Waals surface area contributed by atoms with Gasteiger partial charge in [0.1, 0.15) is 0 Å². The molecule has 0 aromatic heterocycles. The number of rotatable bonds is 4. The third kappa shape index (κ3) is 4.22. The van der Waals surface area contributed by atoms with Gasteiger partial charge in [-0.05, 0) is 48.9 Å². The number of amides is 1. The van der Waals surface area contributed by atoms with E-state index in [4.69, 9.17) is 9.47 Å². The van der Waals surface area contributed by atoms with E-state index >= 15 is 0 Å². The Hall–Kier alpha value is -2.58. The quantitative estimate of drug-likeness (QED) is 0.685. The van der Waals surface area contributed by atoms with Crippen LogP contribution in [0.1, 0.15) is 42.9 Å². The van der Waals surface area contributed by atoms with Crippen molar-refractivity contribution in [3.63, 3.8) is 0 Å². The smallest absolute Gasteiger partial charge is 0.243 e. The summed E-state index contributed by atoms with van der Waals surface area (Å²) in [6.45, 7) is 1.73. The molecular formula is C25H30N2O5S. The van der Waals surface area contributed by atoms with E-state index in [1.807, 2.05) is 24.1 Å². The normalized spacial score (nSPS) is 21.3. The van der Waals surface area contributed by atoms with E-state index in [1.54, 1.807) is 18.2 Å². The minimum Gasteiger partial charge on any atom is -0.490 e. The average molecular weight is 471 g/mol. The molecule has 2 aliphatic heterocycles. The van der Waals surface area contributed by atoms with Crippen molar-refractivity contribution in [3.05, 3.63) is 53.6 Å². The Morgan fingerprint density at radius 2 is 1.73 bits per heavy atom. The van der Waals surface area contributed by atoms with Crippen molar-refractivity contribution in [1.82, 2.24) is 9.21 Å². The number of aryl methyl sites for hydroxylation is 1. The van der Waals surface area contributed by atoms with Crippen molar-refractivity contribution in [2.24, 2.45) is 5.92 Å². The topological polar surface area (TPSA) is 76.2 Å². The van der Waals surface area contributed by atoms with E-state index in [0.717, 1.165) is 19.3 Å². The van der Waals surface area contributed by atoms with Crippen LogP contribution in [0.4, 0.5) is 0 Å². The molecule has 1 atom stereocenters. The molecule has 2 aromatic rings. The summed E-state index contributed by atoms with van der Waals surface area (Å²) >= 11 is 0. The Labute approximate surface area is 195 Å². The van der Waals surface area contributed by atoms with Crippen molar-refractivity contribution >= 4 is 15.9 Å². The first kappa shape index (κ1) is 22.2. The molecule has 1 saturated heterocycles. The summed E-state index contributed by atoms with van der Waals surface area (Å²) in [6.07, 6.45) is 3.76. The fraction of sp³-hybridized carbons (Fsp3) is 0.480. The van der Waals surface area contributed by atoms with Crippen LogP contribution in [-0.4, -0.2) is 56.9 Å². The molecule has 1 fully saturated rings. The molecule has 0 bridgehead atoms. The molecule has 0 unspecified atom stereocenters. The van der Waals surface area contributed by atoms with Crippen molar-refractivity contribution in [3.8, 4) is 11.5 Å². The predicted molar refractivity (Wildman–Crippen MR) is 124 cm³/mol. The zero-order valence-corrected chi connectivity index (χ0v) is 19.7. The molecule has 0 spiro atoms. The number of ether oxygens (including phenoxy) is 2. The second-order valence-corrected chi connectivity index (χ2v) is 11.0. The van der Waals surface area contributed by atoms with E-state index in [2.05, 4.69) is 12.1 Å². The van der Waals surface area contributed by atoms with Crippen LogP contribution in [0.25, 0.3) is 0 Å². The number of hydrogen-bond acceptors (Lipinski definition) is 5. The maximum Gasteiger partial charge on any atom is 0.243 e. The van der Waals surface area contributed by atoms with Crippen molar-refractivity contribution < 1.29 is 22.7 Å². The van der Waals surface area contributed by atoms with Gasteiger partial charge >= 0.3 is 0 Å². The summed E-state index contributed by atoms with van der Waals surface area (Å²) in [4.78, 5) is 15.3. The molecule has 2 heterocycles. The van der Waals surface area contributed by atoms with Crippen LogP contribution in [0.3, 0.4) is 0 Å². The van der Waals surface area contributed by atoms with E-state index in [0.29, 0.717) is 50.6 Å². The van der Waals surface area contributed by atoms with Gasteiger partial charge in [0.05, 0.1) is 24.2 Å². The first-order valence-electron chi connectivity index (χ1n) is 11.7. The Balaban J connectivity index is 1.24. The molecule has 3 aliphatic rings. The van der Waals surface area contributed by atoms with Crippen molar-refractivity contribution in [2.75, 3.05) is 33.4 Å². The van der Waals surface area contributed by atoms with Crippen LogP contribution in [-0.2, 0) is 21.2 Å². The number of nitrogens with zero attached hydrogens (tertiary/aromatic N) is 2. The number of fused-ring (bicyclic) bond motifs is 2. The Kier molecular flexibility index (Phi) is 6.05. The molecule has 2 aromatic carbocycles. The van der Waals surface area contributed by atoms with Crippen LogP contribution in [0.5, 0.6) is 11.5 Å². The van der Waals surface area contributed by atoms with E-state index in [9.17, 15) is 13.2 Å². The number of piperidine rings is 1. The standard InChI is InChI=1S/C25H30N2O5S/c1-26(22-9-7-18-5-2-3-6-21(18)22)25(28)19-11-13-27(14-12-19)33(29,30)20-8-10-23-24(17-20)32-16-4-15-31-23/h2-3,5-6,8,10,17,19,22H,4,7,9,11-16H2,1H3/t22-/m1/s1. The lowest BCUT2D eigenvalue weighted by Gasteiger charge is -2.34. The lowest BCUT2D eigenvalue weighted by Crippen LogP contribution is -2.44. The maximum absolute atomic E-state index is 13.3. The van der Waals surface area contributed by atoms with Crippen LogP contribution >= 0.6 is 0 Å². The Morgan fingerprint density at radius 3 is 2.52 bits per heavy atom. The fourth-order valence-electron chi connectivity index (χ4n) is 5.17. The highest BCUT2D eigenvalue weighted by molar-refractivity contribution is 7.89. The average Bonchev–Trinajstić information content (AvgIpc) is 3.13. The second-order valence-electron chi connectivity index (χ2n) is 9.04. The first-order valence-corrected chi connectivity index (χ1v) is 13.1. The van der Waals surface area contributed by atoms with Gasteiger partial charge in [-0.3, -0.25) is 4.79 Å². The molecule has 176 valence electrons. The molecule has 33 heavy (non-hydrogen) atoms. The van der Waals surface area contributed by atoms with Gasteiger partial charge in [-0.15, -0.1) is 0 Å². The van der Waals surface area contributed by atoms with E-state index < -0.39 is 10.0 Å². The third-order valence-electron chi connectivity index (χ3n) is 7.08. The summed E-state index contributed by atoms with van der Waals surface area (Å²) in [7, 11) is -1.77. The zero-order chi connectivity index (χ0) is 23.0. The molecule has 5 rings (SSSR count). The van der Waals surface area contributed by atoms with Crippen LogP contribution in [0.15, 0.2) is 47.4 Å². The lowest BCUT2D eigenvalue weighted by atomic mass is 9.95. The van der Waals surface area contributed by atoms with E-state index in [-0.39, 0.29) is 22.8 Å². The highest BCUT2D eigenvalue weighted by atomic mass is 32.2. The number of sulfonamides is 1. The first-order chi connectivity index (χ1) is 15.9. The van der Waals surface area contributed by atoms with Crippen LogP contribution in [0, 0.1) is 5.92 Å². The molecule has 1 aliphatic carbocycles. The molecule has 8 heteroatoms. The summed E-state index contributed by atoms with van der Waals surface area (Å²) in [5.74, 6) is 1.01. The van der Waals surface area contributed by atoms with E-state index in [1.165, 1.54) is 15.4 Å². The summed E-state index contributed by atoms with van der Waals surface area (Å²) in [5, 5.41) is 0. The highest BCUT2D eigenvalue weighted by Crippen LogP contribution is 2.37. The van der Waals surface area contributed by atoms with Gasteiger partial charge in [-0.25, -0.2) is 8.42 Å². The van der Waals surface area contributed by atoms with Gasteiger partial charge in [-0.2, -0.15) is 4.31 Å². The third-order valence-corrected chi connectivity index (χ3v) is 8.97. The number of hydrogen-bond donors (Lipinski definition) is 0. The highest BCUT2D eigenvalue weighted by Gasteiger charge is 2.36. The van der Waals surface area contributed by atoms with Gasteiger partial charge < -0.3 is 14.4 Å². The Morgan fingerprint density at radius 1 is 1.00 bits per heavy atom. The molecule has 0 N–H and O–H groups in total. The van der Waals surface area contributed by atoms with Gasteiger partial charge in [0.25, 0.3) is 0 Å². The molecule has 1 amide bonds. The van der Waals surface area contributed by atoms with Crippen molar-refractivity contribution in [2.45, 2.75) is 43.0 Å². The SMILES string of the molecule is CN(C(=O)C1CCN(S(=O)(=O)c2ccc3c(c2)OCCCO3)CC1)[C@@H]1CCc2ccccc21. The number of benzene rings is 2. The van der Waals surface area contributed by atoms with Gasteiger partial charge in [0.15, 0.2) is 11.5 Å². The second kappa shape index (κ2) is 8.99. The Bertz CT molecular complexity index is 1140. The summed E-state index contributed by atoms with van der Waals surface area (Å²) < 4.78 is 39.3. The largest absolute Gasteiger partial charge is 0.490 e. The van der Waals surface area contributed by atoms with Gasteiger partial charge in [0.2, 0.25) is 15.9 Å². The zero-order valence-electron chi connectivity index (χ0n) is 18.9. The fourth-order valence-corrected chi connectivity index (χ4v) is 6.66. The monoisotopic (exact) mass is 470 g/mol. The number of carbonyl (C=O) groups excluding carboxylic acids is 1. The minimum absolute atomic E-state index is 0.109. The van der Waals surface area contributed by atoms with Gasteiger partial charge in [-0.1, -0.05) is 24.3 Å². The van der Waals surface area contributed by atoms with Crippen molar-refractivity contribution in [1.29, 1.82) is 0 Å². The summed E-state index contributed by atoms with van der Waals surface area (Å²) in [6, 6.07) is 13.2. The lowest BCUT2D eigenvalue weighted by molar-refractivity contribution is -0.137. The predicted octanol–water partition coefficient (Wildman–Crippen LogP) is 3.39. The van der Waals surface area contributed by atoms with Gasteiger partial charge in [0, 0.05) is 38.5 Å². The molecular weight excluding hydrogens is 440 g/mol. The van der Waals surface area contributed by atoms with Crippen LogP contribution in [0.2, 0.25) is 0 Å². The minimum atomic E-state index is -3.66. The number of carbonyl (C=O) groups is 1. The van der Waals surface area contributed by atoms with Crippen LogP contribution < -0.4 is 9.47 Å². The maximum atomic E-state index is 13.3. The molecule has 0 saturated carbocycles.